The second-order valence-corrected chi connectivity index (χ2v) is 8.93. The molecule has 2 aromatic rings. The van der Waals surface area contributed by atoms with Gasteiger partial charge in [0.2, 0.25) is 0 Å². The molecule has 1 aromatic carbocycles. The number of aromatic nitrogens is 1. The predicted octanol–water partition coefficient (Wildman–Crippen LogP) is 4.14. The summed E-state index contributed by atoms with van der Waals surface area (Å²) in [6.45, 7) is 0.105. The molecule has 34 heavy (non-hydrogen) atoms. The van der Waals surface area contributed by atoms with Gasteiger partial charge in [-0.2, -0.15) is 13.2 Å². The molecule has 7 nitrogen and oxygen atoms in total. The van der Waals surface area contributed by atoms with Gasteiger partial charge in [0.05, 0.1) is 11.7 Å². The Balaban J connectivity index is 0.000000868. The van der Waals surface area contributed by atoms with Gasteiger partial charge in [-0.1, -0.05) is 12.1 Å². The summed E-state index contributed by atoms with van der Waals surface area (Å²) in [6, 6.07) is 7.14. The fourth-order valence-corrected chi connectivity index (χ4v) is 5.66. The molecule has 1 fully saturated rings. The Morgan fingerprint density at radius 1 is 1.21 bits per heavy atom. The Morgan fingerprint density at radius 2 is 1.91 bits per heavy atom. The number of benzene rings is 1. The van der Waals surface area contributed by atoms with Crippen molar-refractivity contribution < 1.29 is 32.5 Å². The molecule has 3 N–H and O–H groups in total. The van der Waals surface area contributed by atoms with Crippen LogP contribution in [0.3, 0.4) is 0 Å². The summed E-state index contributed by atoms with van der Waals surface area (Å²) < 4.78 is 50.8. The van der Waals surface area contributed by atoms with Crippen LogP contribution in [-0.2, 0) is 32.4 Å². The smallest absolute Gasteiger partial charge is 0.417 e. The first-order valence-corrected chi connectivity index (χ1v) is 10.9. The fraction of sp³-hybridized carbons (Fsp3) is 0.458. The number of alkyl halides is 3. The Bertz CT molecular complexity index is 1100. The second-order valence-electron chi connectivity index (χ2n) is 8.93. The number of hydrogen-bond acceptors (Lipinski definition) is 6. The minimum atomic E-state index is -4.44. The molecule has 1 atom stereocenters. The number of ether oxygens (including phenoxy) is 2. The summed E-state index contributed by atoms with van der Waals surface area (Å²) >= 11 is 0. The lowest BCUT2D eigenvalue weighted by Crippen LogP contribution is -2.46. The van der Waals surface area contributed by atoms with Crippen LogP contribution in [0.5, 0.6) is 0 Å². The zero-order valence-electron chi connectivity index (χ0n) is 18.6. The third-order valence-corrected chi connectivity index (χ3v) is 7.31. The summed E-state index contributed by atoms with van der Waals surface area (Å²) in [5, 5.41) is 6.89. The van der Waals surface area contributed by atoms with E-state index in [9.17, 15) is 13.2 Å². The topological polar surface area (TPSA) is 107 Å². The molecule has 1 saturated carbocycles. The van der Waals surface area contributed by atoms with Gasteiger partial charge in [-0.25, -0.2) is 4.99 Å². The third kappa shape index (κ3) is 4.00. The van der Waals surface area contributed by atoms with Gasteiger partial charge in [-0.3, -0.25) is 9.78 Å². The van der Waals surface area contributed by atoms with Crippen LogP contribution in [0.4, 0.5) is 13.2 Å². The van der Waals surface area contributed by atoms with Crippen LogP contribution in [0, 0.1) is 5.41 Å². The third-order valence-electron chi connectivity index (χ3n) is 7.31. The maximum atomic E-state index is 13.2. The van der Waals surface area contributed by atoms with Crippen molar-refractivity contribution >= 4 is 12.5 Å². The number of fused-ring (bicyclic) bond motifs is 3. The number of nitrogens with two attached hydrogens (primary N) is 1. The van der Waals surface area contributed by atoms with Crippen molar-refractivity contribution in [1.29, 1.82) is 0 Å². The van der Waals surface area contributed by atoms with Gasteiger partial charge in [0.25, 0.3) is 12.5 Å². The van der Waals surface area contributed by atoms with Gasteiger partial charge in [0.1, 0.15) is 12.1 Å². The van der Waals surface area contributed by atoms with Crippen molar-refractivity contribution in [3.05, 3.63) is 53.3 Å². The first kappa shape index (κ1) is 24.0. The average Bonchev–Trinajstić information content (AvgIpc) is 3.33. The molecule has 5 rings (SSSR count). The van der Waals surface area contributed by atoms with E-state index < -0.39 is 17.3 Å². The molecule has 3 aliphatic rings. The Hall–Kier alpha value is -3.14. The quantitative estimate of drug-likeness (QED) is 0.630. The van der Waals surface area contributed by atoms with Crippen LogP contribution in [-0.4, -0.2) is 42.4 Å². The van der Waals surface area contributed by atoms with Crippen molar-refractivity contribution in [2.75, 3.05) is 13.7 Å². The van der Waals surface area contributed by atoms with E-state index in [1.165, 1.54) is 6.20 Å². The van der Waals surface area contributed by atoms with E-state index >= 15 is 0 Å². The number of pyridine rings is 1. The fourth-order valence-electron chi connectivity index (χ4n) is 5.66. The van der Waals surface area contributed by atoms with Crippen molar-refractivity contribution in [3.8, 4) is 11.1 Å². The number of amidine groups is 1. The molecule has 1 aliphatic heterocycles. The molecule has 0 radical (unpaired) electrons. The molecule has 10 heteroatoms. The number of aliphatic imine (C=N–C) groups is 1. The summed E-state index contributed by atoms with van der Waals surface area (Å²) in [5.41, 5.74) is 7.73. The molecule has 0 amide bonds. The lowest BCUT2D eigenvalue weighted by atomic mass is 9.62. The molecule has 2 spiro atoms. The largest absolute Gasteiger partial charge is 0.483 e. The number of rotatable bonds is 2. The maximum absolute atomic E-state index is 13.2. The summed E-state index contributed by atoms with van der Waals surface area (Å²) in [4.78, 5) is 17.0. The highest BCUT2D eigenvalue weighted by Crippen LogP contribution is 2.61. The van der Waals surface area contributed by atoms with Crippen LogP contribution in [0.1, 0.15) is 42.4 Å². The molecule has 0 saturated heterocycles. The van der Waals surface area contributed by atoms with E-state index in [-0.39, 0.29) is 24.0 Å². The molecule has 1 unspecified atom stereocenters. The average molecular weight is 477 g/mol. The van der Waals surface area contributed by atoms with Crippen LogP contribution in [0.15, 0.2) is 41.7 Å². The molecule has 2 aliphatic carbocycles. The van der Waals surface area contributed by atoms with Gasteiger partial charge in [-0.05, 0) is 60.9 Å². The SMILES string of the molecule is COC1CCC2(CC1)Cc1ccc(-c3cncc(C(F)(F)F)c3)cc1C21COC(N)=N1.O=CO. The molecular weight excluding hydrogens is 451 g/mol. The van der Waals surface area contributed by atoms with E-state index in [4.69, 9.17) is 30.1 Å². The number of carbonyl (C=O) groups is 1. The van der Waals surface area contributed by atoms with E-state index in [1.807, 2.05) is 18.2 Å². The molecule has 1 aromatic heterocycles. The lowest BCUT2D eigenvalue weighted by molar-refractivity contribution is -0.137. The predicted molar refractivity (Wildman–Crippen MR) is 118 cm³/mol. The van der Waals surface area contributed by atoms with Crippen molar-refractivity contribution in [1.82, 2.24) is 4.98 Å². The lowest BCUT2D eigenvalue weighted by Gasteiger charge is -2.45. The van der Waals surface area contributed by atoms with Gasteiger partial charge < -0.3 is 20.3 Å². The van der Waals surface area contributed by atoms with Crippen LogP contribution in [0.25, 0.3) is 11.1 Å². The standard InChI is InChI=1S/C23H24F3N3O2.CH2O2/c1-30-18-4-6-21(7-5-18)10-15-3-2-14(9-19(15)22(21)13-31-20(27)29-22)16-8-17(12-28-11-16)23(24,25)26;2-1-3/h2-3,8-9,11-12,18H,4-7,10,13H2,1H3,(H2,27,29);1H,(H,2,3). The molecular formula is C24H26F3N3O4. The number of hydrogen-bond donors (Lipinski definition) is 2. The van der Waals surface area contributed by atoms with Gasteiger partial charge in [-0.15, -0.1) is 0 Å². The van der Waals surface area contributed by atoms with E-state index in [0.717, 1.165) is 55.5 Å². The minimum Gasteiger partial charge on any atom is -0.483 e. The second kappa shape index (κ2) is 8.90. The zero-order valence-corrected chi connectivity index (χ0v) is 18.6. The minimum absolute atomic E-state index is 0.129. The number of carboxylic acid groups (broad SMARTS) is 1. The van der Waals surface area contributed by atoms with E-state index in [2.05, 4.69) is 4.98 Å². The number of halogens is 3. The first-order valence-electron chi connectivity index (χ1n) is 10.9. The van der Waals surface area contributed by atoms with Gasteiger partial charge >= 0.3 is 6.18 Å². The van der Waals surface area contributed by atoms with E-state index in [0.29, 0.717) is 17.7 Å². The van der Waals surface area contributed by atoms with Gasteiger partial charge in [0.15, 0.2) is 0 Å². The highest BCUT2D eigenvalue weighted by Gasteiger charge is 2.61. The summed E-state index contributed by atoms with van der Waals surface area (Å²) in [6.07, 6.45) is 2.68. The van der Waals surface area contributed by atoms with Crippen LogP contribution >= 0.6 is 0 Å². The van der Waals surface area contributed by atoms with E-state index in [1.54, 1.807) is 7.11 Å². The Kier molecular flexibility index (Phi) is 6.28. The first-order chi connectivity index (χ1) is 16.2. The highest BCUT2D eigenvalue weighted by atomic mass is 19.4. The van der Waals surface area contributed by atoms with Crippen LogP contribution in [0.2, 0.25) is 0 Å². The summed E-state index contributed by atoms with van der Waals surface area (Å²) in [5.74, 6) is 0. The Labute approximate surface area is 194 Å². The van der Waals surface area contributed by atoms with Crippen LogP contribution < -0.4 is 5.73 Å². The van der Waals surface area contributed by atoms with Crippen molar-refractivity contribution in [3.63, 3.8) is 0 Å². The summed E-state index contributed by atoms with van der Waals surface area (Å²) in [7, 11) is 1.74. The molecule has 2 heterocycles. The van der Waals surface area contributed by atoms with Crippen molar-refractivity contribution in [2.45, 2.75) is 49.9 Å². The molecule has 182 valence electrons. The number of nitrogens with zero attached hydrogens (tertiary/aromatic N) is 2. The van der Waals surface area contributed by atoms with Crippen molar-refractivity contribution in [2.24, 2.45) is 16.1 Å². The maximum Gasteiger partial charge on any atom is 0.417 e. The normalized spacial score (nSPS) is 27.5. The zero-order chi connectivity index (χ0) is 24.6. The number of methoxy groups -OCH3 is 1. The van der Waals surface area contributed by atoms with Gasteiger partial charge in [0, 0.05) is 30.5 Å². The Morgan fingerprint density at radius 3 is 2.50 bits per heavy atom. The monoisotopic (exact) mass is 477 g/mol. The molecule has 0 bridgehead atoms. The highest BCUT2D eigenvalue weighted by molar-refractivity contribution is 5.76.